The molecule has 5 rings (SSSR count). The van der Waals surface area contributed by atoms with Gasteiger partial charge in [-0.2, -0.15) is 0 Å². The average molecular weight is 509 g/mol. The van der Waals surface area contributed by atoms with Crippen LogP contribution in [0.1, 0.15) is 45.5 Å². The fourth-order valence-electron chi connectivity index (χ4n) is 6.08. The molecule has 0 amide bonds. The molecule has 0 N–H and O–H groups in total. The molecule has 0 heterocycles. The molecule has 0 radical (unpaired) electrons. The summed E-state index contributed by atoms with van der Waals surface area (Å²) in [7, 11) is 4.55. The second kappa shape index (κ2) is 10.9. The third-order valence-corrected chi connectivity index (χ3v) is 7.32. The molecule has 0 saturated carbocycles. The van der Waals surface area contributed by atoms with E-state index < -0.39 is 0 Å². The Morgan fingerprint density at radius 3 is 1.17 bits per heavy atom. The maximum Gasteiger partial charge on any atom is 0.0791 e. The average Bonchev–Trinajstić information content (AvgIpc) is 3.10. The van der Waals surface area contributed by atoms with Gasteiger partial charge in [-0.1, -0.05) is 72.8 Å². The standard InChI is InChI=1S/C30H32N2.2CH3.Ni/c1-19-11-7-12-20(2)27(19)31(5)29-24-17-9-15-23-16-10-18-25(26(23)24)30(29)32(6)28-21(3)13-8-14-22(28)4;;;/h7-18,29-30H,1-6H3;2*1H3;/q;2*-1;. The summed E-state index contributed by atoms with van der Waals surface area (Å²) < 4.78 is 0. The van der Waals surface area contributed by atoms with Gasteiger partial charge >= 0.3 is 0 Å². The number of rotatable bonds is 4. The Morgan fingerprint density at radius 1 is 0.514 bits per heavy atom. The van der Waals surface area contributed by atoms with Crippen molar-refractivity contribution in [2.45, 2.75) is 39.8 Å². The summed E-state index contributed by atoms with van der Waals surface area (Å²) >= 11 is 0. The largest absolute Gasteiger partial charge is 0.365 e. The normalized spacial score (nSPS) is 15.6. The Balaban J connectivity index is 0.00000144. The van der Waals surface area contributed by atoms with E-state index in [2.05, 4.69) is 124 Å². The smallest absolute Gasteiger partial charge is 0.0791 e. The summed E-state index contributed by atoms with van der Waals surface area (Å²) in [5.41, 5.74) is 10.8. The number of aryl methyl sites for hydroxylation is 4. The Labute approximate surface area is 222 Å². The zero-order valence-corrected chi connectivity index (χ0v) is 23.3. The van der Waals surface area contributed by atoms with E-state index in [1.54, 1.807) is 0 Å². The number of hydrogen-bond donors (Lipinski definition) is 0. The molecule has 35 heavy (non-hydrogen) atoms. The summed E-state index contributed by atoms with van der Waals surface area (Å²) in [5, 5.41) is 2.75. The van der Waals surface area contributed by atoms with Gasteiger partial charge in [0.1, 0.15) is 0 Å². The quantitative estimate of drug-likeness (QED) is 0.202. The Hall–Kier alpha value is -2.77. The minimum atomic E-state index is 0. The molecule has 0 saturated heterocycles. The fourth-order valence-corrected chi connectivity index (χ4v) is 6.08. The number of anilines is 2. The SMILES string of the molecule is Cc1cccc(C)c1N(C)C1c2cccc3cccc(c23)C1N(C)c1c(C)cccc1C.[CH3-].[CH3-].[Ni]. The molecular weight excluding hydrogens is 471 g/mol. The van der Waals surface area contributed by atoms with Crippen LogP contribution in [0.4, 0.5) is 11.4 Å². The summed E-state index contributed by atoms with van der Waals surface area (Å²) in [6.45, 7) is 8.91. The molecule has 2 nitrogen and oxygen atoms in total. The molecule has 4 aromatic rings. The minimum absolute atomic E-state index is 0. The van der Waals surface area contributed by atoms with Crippen molar-refractivity contribution in [1.82, 2.24) is 0 Å². The fraction of sp³-hybridized carbons (Fsp3) is 0.250. The van der Waals surface area contributed by atoms with Crippen molar-refractivity contribution >= 4 is 22.1 Å². The van der Waals surface area contributed by atoms with E-state index in [9.17, 15) is 0 Å². The second-order valence-corrected chi connectivity index (χ2v) is 9.38. The van der Waals surface area contributed by atoms with Crippen LogP contribution in [0.2, 0.25) is 0 Å². The Bertz CT molecular complexity index is 1190. The predicted molar refractivity (Wildman–Crippen MR) is 151 cm³/mol. The zero-order valence-electron chi connectivity index (χ0n) is 22.3. The zero-order chi connectivity index (χ0) is 22.6. The van der Waals surface area contributed by atoms with Crippen molar-refractivity contribution in [3.8, 4) is 0 Å². The van der Waals surface area contributed by atoms with E-state index in [0.717, 1.165) is 0 Å². The molecule has 0 bridgehead atoms. The van der Waals surface area contributed by atoms with Crippen molar-refractivity contribution < 1.29 is 16.5 Å². The number of hydrogen-bond acceptors (Lipinski definition) is 2. The minimum Gasteiger partial charge on any atom is -0.365 e. The molecule has 3 heteroatoms. The summed E-state index contributed by atoms with van der Waals surface area (Å²) in [6.07, 6.45) is 0. The molecule has 1 aliphatic rings. The van der Waals surface area contributed by atoms with Gasteiger partial charge in [0, 0.05) is 42.0 Å². The molecule has 1 aliphatic carbocycles. The second-order valence-electron chi connectivity index (χ2n) is 9.38. The molecule has 0 aromatic heterocycles. The maximum absolute atomic E-state index is 2.52. The van der Waals surface area contributed by atoms with Gasteiger partial charge in [-0.05, 0) is 71.8 Å². The van der Waals surface area contributed by atoms with Crippen molar-refractivity contribution in [1.29, 1.82) is 0 Å². The Morgan fingerprint density at radius 2 is 0.829 bits per heavy atom. The van der Waals surface area contributed by atoms with Crippen molar-refractivity contribution in [3.63, 3.8) is 0 Å². The number of para-hydroxylation sites is 2. The van der Waals surface area contributed by atoms with Crippen LogP contribution >= 0.6 is 0 Å². The van der Waals surface area contributed by atoms with Gasteiger partial charge in [0.25, 0.3) is 0 Å². The molecule has 2 atom stereocenters. The van der Waals surface area contributed by atoms with Crippen LogP contribution in [0.5, 0.6) is 0 Å². The van der Waals surface area contributed by atoms with Gasteiger partial charge in [-0.15, -0.1) is 0 Å². The van der Waals surface area contributed by atoms with Crippen LogP contribution in [0.25, 0.3) is 10.8 Å². The predicted octanol–water partition coefficient (Wildman–Crippen LogP) is 8.34. The van der Waals surface area contributed by atoms with Crippen molar-refractivity contribution in [2.75, 3.05) is 23.9 Å². The van der Waals surface area contributed by atoms with Gasteiger partial charge in [-0.3, -0.25) is 0 Å². The monoisotopic (exact) mass is 508 g/mol. The van der Waals surface area contributed by atoms with E-state index >= 15 is 0 Å². The van der Waals surface area contributed by atoms with E-state index in [-0.39, 0.29) is 43.4 Å². The van der Waals surface area contributed by atoms with Gasteiger partial charge in [0.2, 0.25) is 0 Å². The first-order valence-corrected chi connectivity index (χ1v) is 11.5. The first kappa shape index (κ1) is 28.5. The van der Waals surface area contributed by atoms with Gasteiger partial charge in [0.05, 0.1) is 12.1 Å². The van der Waals surface area contributed by atoms with Crippen LogP contribution in [0, 0.1) is 42.5 Å². The van der Waals surface area contributed by atoms with Crippen LogP contribution in [-0.2, 0) is 16.5 Å². The van der Waals surface area contributed by atoms with Crippen LogP contribution in [0.15, 0.2) is 72.8 Å². The molecule has 0 aliphatic heterocycles. The summed E-state index contributed by atoms with van der Waals surface area (Å²) in [6, 6.07) is 27.3. The van der Waals surface area contributed by atoms with E-state index in [1.807, 2.05) is 0 Å². The topological polar surface area (TPSA) is 6.48 Å². The van der Waals surface area contributed by atoms with E-state index in [4.69, 9.17) is 0 Å². The van der Waals surface area contributed by atoms with Crippen LogP contribution in [0.3, 0.4) is 0 Å². The maximum atomic E-state index is 2.52. The molecule has 0 spiro atoms. The van der Waals surface area contributed by atoms with Crippen molar-refractivity contribution in [2.24, 2.45) is 0 Å². The summed E-state index contributed by atoms with van der Waals surface area (Å²) in [4.78, 5) is 5.04. The van der Waals surface area contributed by atoms with Crippen molar-refractivity contribution in [3.05, 3.63) is 121 Å². The molecular formula is C32H38N2Ni-2. The molecule has 4 aromatic carbocycles. The number of benzene rings is 4. The van der Waals surface area contributed by atoms with Crippen LogP contribution in [-0.4, -0.2) is 14.1 Å². The molecule has 2 unspecified atom stereocenters. The third kappa shape index (κ3) is 4.47. The van der Waals surface area contributed by atoms with Gasteiger partial charge in [-0.25, -0.2) is 0 Å². The van der Waals surface area contributed by atoms with Gasteiger partial charge < -0.3 is 24.7 Å². The summed E-state index contributed by atoms with van der Waals surface area (Å²) in [5.74, 6) is 0. The third-order valence-electron chi connectivity index (χ3n) is 7.32. The van der Waals surface area contributed by atoms with Crippen LogP contribution < -0.4 is 9.80 Å². The Kier molecular flexibility index (Phi) is 8.85. The molecule has 0 fully saturated rings. The van der Waals surface area contributed by atoms with E-state index in [1.165, 1.54) is 55.5 Å². The van der Waals surface area contributed by atoms with Gasteiger partial charge in [0.15, 0.2) is 0 Å². The number of likely N-dealkylation sites (N-methyl/N-ethyl adjacent to an activating group) is 2. The first-order valence-electron chi connectivity index (χ1n) is 11.5. The van der Waals surface area contributed by atoms with E-state index in [0.29, 0.717) is 0 Å². The molecule has 188 valence electrons. The first-order chi connectivity index (χ1) is 15.4. The number of nitrogens with zero attached hydrogens (tertiary/aromatic N) is 2.